The van der Waals surface area contributed by atoms with E-state index >= 15 is 0 Å². The van der Waals surface area contributed by atoms with Crippen LogP contribution in [0.25, 0.3) is 22.5 Å². The number of methoxy groups -OCH3 is 1. The Labute approximate surface area is 266 Å². The maximum Gasteiger partial charge on any atom is 0.274 e. The number of hydrogen-bond acceptors (Lipinski definition) is 9. The van der Waals surface area contributed by atoms with Gasteiger partial charge in [-0.3, -0.25) is 19.6 Å². The largest absolute Gasteiger partial charge is 0.481 e. The third kappa shape index (κ3) is 7.81. The average Bonchev–Trinajstić information content (AvgIpc) is 3.47. The van der Waals surface area contributed by atoms with Crippen molar-refractivity contribution in [3.63, 3.8) is 0 Å². The van der Waals surface area contributed by atoms with Gasteiger partial charge in [0.15, 0.2) is 0 Å². The number of aromatic nitrogens is 3. The summed E-state index contributed by atoms with van der Waals surface area (Å²) in [6.45, 7) is 4.20. The minimum atomic E-state index is -0.336. The molecule has 11 nitrogen and oxygen atoms in total. The van der Waals surface area contributed by atoms with Crippen molar-refractivity contribution in [1.29, 1.82) is 0 Å². The Morgan fingerprint density at radius 3 is 2.69 bits per heavy atom. The smallest absolute Gasteiger partial charge is 0.274 e. The van der Waals surface area contributed by atoms with Crippen LogP contribution >= 0.6 is 11.6 Å². The number of aliphatic hydroxyl groups excluding tert-OH is 1. The first-order chi connectivity index (χ1) is 21.9. The first kappa shape index (κ1) is 32.0. The van der Waals surface area contributed by atoms with Crippen molar-refractivity contribution in [2.24, 2.45) is 0 Å². The number of nitrogens with one attached hydrogen (secondary N) is 4. The highest BCUT2D eigenvalue weighted by Gasteiger charge is 2.21. The topological polar surface area (TPSA) is 150 Å². The lowest BCUT2D eigenvalue weighted by molar-refractivity contribution is -0.119. The number of hydrogen-bond donors (Lipinski definition) is 5. The van der Waals surface area contributed by atoms with E-state index in [1.165, 1.54) is 0 Å². The number of benzene rings is 1. The normalized spacial score (nSPS) is 14.3. The van der Waals surface area contributed by atoms with Gasteiger partial charge in [-0.05, 0) is 48.7 Å². The third-order valence-electron chi connectivity index (χ3n) is 7.60. The predicted octanol–water partition coefficient (Wildman–Crippen LogP) is 3.88. The maximum absolute atomic E-state index is 13.0. The quantitative estimate of drug-likeness (QED) is 0.139. The van der Waals surface area contributed by atoms with Crippen LogP contribution in [0.3, 0.4) is 0 Å². The van der Waals surface area contributed by atoms with Gasteiger partial charge in [0, 0.05) is 73.4 Å². The Morgan fingerprint density at radius 2 is 1.96 bits per heavy atom. The monoisotopic (exact) mass is 629 g/mol. The SMILES string of the molecule is COc1nc(-c2ccnc(-c3cccc(NC(=O)c4ccc(CNCCO)cn4)c3C)c2Cl)ccc1CNC[C@H]1CCC(=O)N1. The summed E-state index contributed by atoms with van der Waals surface area (Å²) < 4.78 is 5.60. The molecule has 1 atom stereocenters. The molecule has 2 amide bonds. The van der Waals surface area contributed by atoms with E-state index in [1.807, 2.05) is 49.4 Å². The van der Waals surface area contributed by atoms with E-state index in [0.717, 1.165) is 28.7 Å². The third-order valence-corrected chi connectivity index (χ3v) is 7.98. The Kier molecular flexibility index (Phi) is 10.7. The molecule has 1 aliphatic rings. The van der Waals surface area contributed by atoms with Crippen LogP contribution in [-0.4, -0.2) is 64.7 Å². The molecule has 0 unspecified atom stereocenters. The molecule has 45 heavy (non-hydrogen) atoms. The summed E-state index contributed by atoms with van der Waals surface area (Å²) in [5, 5.41) is 21.7. The zero-order chi connectivity index (χ0) is 31.8. The fourth-order valence-electron chi connectivity index (χ4n) is 5.16. The van der Waals surface area contributed by atoms with Gasteiger partial charge in [0.2, 0.25) is 11.8 Å². The Bertz CT molecular complexity index is 1670. The van der Waals surface area contributed by atoms with E-state index < -0.39 is 0 Å². The molecule has 0 aliphatic carbocycles. The molecule has 5 N–H and O–H groups in total. The summed E-state index contributed by atoms with van der Waals surface area (Å²) in [5.74, 6) is 0.236. The van der Waals surface area contributed by atoms with Crippen molar-refractivity contribution in [3.05, 3.63) is 88.3 Å². The van der Waals surface area contributed by atoms with Crippen LogP contribution in [0.15, 0.2) is 60.9 Å². The van der Waals surface area contributed by atoms with Gasteiger partial charge in [-0.2, -0.15) is 0 Å². The number of aliphatic hydroxyl groups is 1. The van der Waals surface area contributed by atoms with E-state index in [0.29, 0.717) is 66.1 Å². The van der Waals surface area contributed by atoms with Crippen molar-refractivity contribution in [3.8, 4) is 28.4 Å². The van der Waals surface area contributed by atoms with E-state index in [9.17, 15) is 9.59 Å². The van der Waals surface area contributed by atoms with Gasteiger partial charge >= 0.3 is 0 Å². The summed E-state index contributed by atoms with van der Waals surface area (Å²) in [5.41, 5.74) is 6.15. The van der Waals surface area contributed by atoms with Crippen molar-refractivity contribution < 1.29 is 19.4 Å². The highest BCUT2D eigenvalue weighted by Crippen LogP contribution is 2.38. The molecule has 3 aromatic heterocycles. The molecule has 12 heteroatoms. The Balaban J connectivity index is 1.32. The van der Waals surface area contributed by atoms with Crippen LogP contribution in [0.5, 0.6) is 5.88 Å². The van der Waals surface area contributed by atoms with Gasteiger partial charge in [0.25, 0.3) is 5.91 Å². The molecule has 0 bridgehead atoms. The highest BCUT2D eigenvalue weighted by molar-refractivity contribution is 6.35. The molecule has 4 heterocycles. The molecular weight excluding hydrogens is 594 g/mol. The number of carbonyl (C=O) groups is 2. The van der Waals surface area contributed by atoms with Gasteiger partial charge in [-0.1, -0.05) is 35.9 Å². The number of ether oxygens (including phenoxy) is 1. The molecule has 1 aliphatic heterocycles. The molecule has 1 saturated heterocycles. The number of rotatable bonds is 13. The van der Waals surface area contributed by atoms with Crippen LogP contribution in [0.2, 0.25) is 5.02 Å². The number of amides is 2. The van der Waals surface area contributed by atoms with E-state index in [1.54, 1.807) is 25.6 Å². The Hall–Kier alpha value is -4.42. The molecule has 234 valence electrons. The fraction of sp³-hybridized carbons (Fsp3) is 0.303. The lowest BCUT2D eigenvalue weighted by Gasteiger charge is -2.16. The molecule has 0 saturated carbocycles. The number of nitrogens with zero attached hydrogens (tertiary/aromatic N) is 3. The molecular formula is C33H36ClN7O4. The number of carbonyl (C=O) groups excluding carboxylic acids is 2. The van der Waals surface area contributed by atoms with E-state index in [-0.39, 0.29) is 30.2 Å². The second kappa shape index (κ2) is 15.0. The summed E-state index contributed by atoms with van der Waals surface area (Å²) in [4.78, 5) is 38.1. The van der Waals surface area contributed by atoms with Crippen molar-refractivity contribution in [2.75, 3.05) is 32.1 Å². The van der Waals surface area contributed by atoms with Crippen molar-refractivity contribution in [1.82, 2.24) is 30.9 Å². The second-order valence-corrected chi connectivity index (χ2v) is 11.1. The van der Waals surface area contributed by atoms with Crippen molar-refractivity contribution >= 4 is 29.1 Å². The van der Waals surface area contributed by atoms with Crippen LogP contribution in [0.1, 0.15) is 40.0 Å². The lowest BCUT2D eigenvalue weighted by atomic mass is 10.0. The fourth-order valence-corrected chi connectivity index (χ4v) is 5.47. The number of pyridine rings is 3. The van der Waals surface area contributed by atoms with Crippen LogP contribution in [0.4, 0.5) is 5.69 Å². The summed E-state index contributed by atoms with van der Waals surface area (Å²) in [6.07, 6.45) is 4.72. The van der Waals surface area contributed by atoms with Gasteiger partial charge < -0.3 is 31.1 Å². The van der Waals surface area contributed by atoms with E-state index in [4.69, 9.17) is 26.4 Å². The molecule has 5 rings (SSSR count). The molecule has 1 fully saturated rings. The Morgan fingerprint density at radius 1 is 1.09 bits per heavy atom. The minimum Gasteiger partial charge on any atom is -0.481 e. The standard InChI is InChI=1S/C33H36ClN7O4/c1-20-24(4-3-5-26(20)40-32(44)28-9-6-21(17-38-28)16-35-14-15-42)31-30(34)25(12-13-37-31)27-10-7-22(33(41-27)45-2)18-36-19-23-8-11-29(43)39-23/h3-7,9-10,12-13,17,23,35-36,42H,8,11,14-16,18-19H2,1-2H3,(H,39,43)(H,40,44)/t23-/m1/s1. The number of anilines is 1. The molecule has 0 radical (unpaired) electrons. The zero-order valence-corrected chi connectivity index (χ0v) is 25.9. The summed E-state index contributed by atoms with van der Waals surface area (Å²) >= 11 is 6.96. The first-order valence-electron chi connectivity index (χ1n) is 14.7. The molecule has 4 aromatic rings. The second-order valence-electron chi connectivity index (χ2n) is 10.7. The van der Waals surface area contributed by atoms with Gasteiger partial charge in [0.05, 0.1) is 30.1 Å². The van der Waals surface area contributed by atoms with Crippen LogP contribution < -0.4 is 26.0 Å². The lowest BCUT2D eigenvalue weighted by Crippen LogP contribution is -2.35. The van der Waals surface area contributed by atoms with Gasteiger partial charge in [0.1, 0.15) is 5.69 Å². The number of halogens is 1. The predicted molar refractivity (Wildman–Crippen MR) is 173 cm³/mol. The van der Waals surface area contributed by atoms with Gasteiger partial charge in [-0.15, -0.1) is 0 Å². The minimum absolute atomic E-state index is 0.0544. The van der Waals surface area contributed by atoms with Crippen LogP contribution in [-0.2, 0) is 17.9 Å². The molecule has 0 spiro atoms. The molecule has 1 aromatic carbocycles. The highest BCUT2D eigenvalue weighted by atomic mass is 35.5. The summed E-state index contributed by atoms with van der Waals surface area (Å²) in [6, 6.07) is 14.9. The summed E-state index contributed by atoms with van der Waals surface area (Å²) in [7, 11) is 1.58. The average molecular weight is 630 g/mol. The first-order valence-corrected chi connectivity index (χ1v) is 15.1. The van der Waals surface area contributed by atoms with E-state index in [2.05, 4.69) is 31.2 Å². The van der Waals surface area contributed by atoms with Gasteiger partial charge in [-0.25, -0.2) is 4.98 Å². The maximum atomic E-state index is 13.0. The zero-order valence-electron chi connectivity index (χ0n) is 25.2. The van der Waals surface area contributed by atoms with Crippen molar-refractivity contribution in [2.45, 2.75) is 38.9 Å². The van der Waals surface area contributed by atoms with Crippen LogP contribution in [0, 0.1) is 6.92 Å².